The molecule has 0 saturated heterocycles. The summed E-state index contributed by atoms with van der Waals surface area (Å²) in [5.41, 5.74) is -1.55. The van der Waals surface area contributed by atoms with Crippen molar-refractivity contribution in [2.24, 2.45) is 5.92 Å². The van der Waals surface area contributed by atoms with Gasteiger partial charge in [-0.1, -0.05) is 13.8 Å². The summed E-state index contributed by atoms with van der Waals surface area (Å²) in [7, 11) is 3.33. The van der Waals surface area contributed by atoms with Crippen molar-refractivity contribution in [2.45, 2.75) is 52.7 Å². The molecule has 18 heavy (non-hydrogen) atoms. The molecular formula is C13H26N2O3. The first-order chi connectivity index (χ1) is 7.90. The van der Waals surface area contributed by atoms with Crippen molar-refractivity contribution < 1.29 is 14.3 Å². The fourth-order valence-electron chi connectivity index (χ4n) is 1.42. The van der Waals surface area contributed by atoms with Gasteiger partial charge in [-0.05, 0) is 33.6 Å². The van der Waals surface area contributed by atoms with E-state index in [9.17, 15) is 9.59 Å². The predicted octanol–water partition coefficient (Wildman–Crippen LogP) is 2.01. The Bertz CT molecular complexity index is 319. The Morgan fingerprint density at radius 1 is 1.11 bits per heavy atom. The number of alkyl carbamates (subject to hydrolysis) is 1. The van der Waals surface area contributed by atoms with Crippen molar-refractivity contribution in [3.63, 3.8) is 0 Å². The van der Waals surface area contributed by atoms with Crippen LogP contribution in [0, 0.1) is 5.92 Å². The number of hydrogen-bond acceptors (Lipinski definition) is 3. The minimum atomic E-state index is -0.966. The molecule has 1 N–H and O–H groups in total. The Labute approximate surface area is 110 Å². The molecule has 1 atom stereocenters. The van der Waals surface area contributed by atoms with Gasteiger partial charge in [0.25, 0.3) is 0 Å². The fraction of sp³-hybridized carbons (Fsp3) is 0.846. The highest BCUT2D eigenvalue weighted by Crippen LogP contribution is 2.20. The summed E-state index contributed by atoms with van der Waals surface area (Å²) in [6.45, 7) is 10.8. The molecule has 5 nitrogen and oxygen atoms in total. The molecule has 0 aliphatic heterocycles. The third-order valence-corrected chi connectivity index (χ3v) is 2.77. The first-order valence-electron chi connectivity index (χ1n) is 6.13. The molecule has 0 rings (SSSR count). The van der Waals surface area contributed by atoms with Gasteiger partial charge >= 0.3 is 6.09 Å². The van der Waals surface area contributed by atoms with Crippen molar-refractivity contribution in [3.8, 4) is 0 Å². The van der Waals surface area contributed by atoms with Crippen LogP contribution >= 0.6 is 0 Å². The van der Waals surface area contributed by atoms with Crippen molar-refractivity contribution in [3.05, 3.63) is 0 Å². The smallest absolute Gasteiger partial charge is 0.408 e. The third-order valence-electron chi connectivity index (χ3n) is 2.77. The fourth-order valence-corrected chi connectivity index (χ4v) is 1.42. The second-order valence-electron chi connectivity index (χ2n) is 6.18. The molecule has 0 heterocycles. The van der Waals surface area contributed by atoms with Crippen LogP contribution in [0.2, 0.25) is 0 Å². The molecule has 0 aliphatic carbocycles. The Balaban J connectivity index is 4.95. The zero-order valence-corrected chi connectivity index (χ0v) is 12.7. The molecule has 0 spiro atoms. The molecule has 0 aliphatic rings. The average Bonchev–Trinajstić information content (AvgIpc) is 2.12. The van der Waals surface area contributed by atoms with E-state index >= 15 is 0 Å². The SMILES string of the molecule is CC(C)C(C)(NC(=O)OC(C)(C)C)C(=O)N(C)C. The lowest BCUT2D eigenvalue weighted by Crippen LogP contribution is -2.60. The van der Waals surface area contributed by atoms with E-state index in [1.165, 1.54) is 4.90 Å². The van der Waals surface area contributed by atoms with Gasteiger partial charge in [0.05, 0.1) is 0 Å². The van der Waals surface area contributed by atoms with Crippen molar-refractivity contribution in [2.75, 3.05) is 14.1 Å². The van der Waals surface area contributed by atoms with Crippen LogP contribution < -0.4 is 5.32 Å². The van der Waals surface area contributed by atoms with E-state index in [1.807, 2.05) is 13.8 Å². The van der Waals surface area contributed by atoms with Crippen LogP contribution in [0.1, 0.15) is 41.5 Å². The van der Waals surface area contributed by atoms with E-state index < -0.39 is 17.2 Å². The topological polar surface area (TPSA) is 58.6 Å². The monoisotopic (exact) mass is 258 g/mol. The molecule has 0 aromatic heterocycles. The number of ether oxygens (including phenoxy) is 1. The number of nitrogens with one attached hydrogen (secondary N) is 1. The molecule has 0 aromatic rings. The lowest BCUT2D eigenvalue weighted by atomic mass is 9.87. The van der Waals surface area contributed by atoms with Crippen molar-refractivity contribution >= 4 is 12.0 Å². The molecule has 106 valence electrons. The lowest BCUT2D eigenvalue weighted by Gasteiger charge is -2.36. The Kier molecular flexibility index (Phi) is 5.20. The minimum absolute atomic E-state index is 0.0417. The van der Waals surface area contributed by atoms with Gasteiger partial charge < -0.3 is 15.0 Å². The third kappa shape index (κ3) is 4.55. The van der Waals surface area contributed by atoms with Gasteiger partial charge in [-0.2, -0.15) is 0 Å². The zero-order chi connectivity index (χ0) is 14.7. The van der Waals surface area contributed by atoms with Crippen molar-refractivity contribution in [1.29, 1.82) is 0 Å². The molecule has 0 radical (unpaired) electrons. The number of carbonyl (C=O) groups excluding carboxylic acids is 2. The maximum Gasteiger partial charge on any atom is 0.408 e. The van der Waals surface area contributed by atoms with E-state index in [4.69, 9.17) is 4.74 Å². The van der Waals surface area contributed by atoms with E-state index in [0.29, 0.717) is 0 Å². The number of carbonyl (C=O) groups is 2. The first kappa shape index (κ1) is 16.7. The largest absolute Gasteiger partial charge is 0.444 e. The Morgan fingerprint density at radius 2 is 1.56 bits per heavy atom. The van der Waals surface area contributed by atoms with E-state index in [0.717, 1.165) is 0 Å². The number of nitrogens with zero attached hydrogens (tertiary/aromatic N) is 1. The minimum Gasteiger partial charge on any atom is -0.444 e. The molecule has 0 fully saturated rings. The molecule has 0 aromatic carbocycles. The second-order valence-corrected chi connectivity index (χ2v) is 6.18. The Morgan fingerprint density at radius 3 is 1.83 bits per heavy atom. The van der Waals surface area contributed by atoms with E-state index in [-0.39, 0.29) is 11.8 Å². The van der Waals surface area contributed by atoms with Gasteiger partial charge in [0.2, 0.25) is 5.91 Å². The highest BCUT2D eigenvalue weighted by Gasteiger charge is 2.40. The molecule has 0 saturated carbocycles. The number of amides is 2. The highest BCUT2D eigenvalue weighted by molar-refractivity contribution is 5.89. The predicted molar refractivity (Wildman–Crippen MR) is 71.3 cm³/mol. The van der Waals surface area contributed by atoms with E-state index in [2.05, 4.69) is 5.32 Å². The second kappa shape index (κ2) is 5.59. The standard InChI is InChI=1S/C13H26N2O3/c1-9(2)13(6,10(16)15(7)8)14-11(17)18-12(3,4)5/h9H,1-8H3,(H,14,17). The summed E-state index contributed by atoms with van der Waals surface area (Å²) in [6.07, 6.45) is -0.575. The normalized spacial score (nSPS) is 14.9. The van der Waals surface area contributed by atoms with Gasteiger partial charge in [-0.15, -0.1) is 0 Å². The molecule has 1 unspecified atom stereocenters. The van der Waals surface area contributed by atoms with Gasteiger partial charge in [0.1, 0.15) is 11.1 Å². The van der Waals surface area contributed by atoms with Gasteiger partial charge in [-0.3, -0.25) is 4.79 Å². The van der Waals surface area contributed by atoms with Crippen molar-refractivity contribution in [1.82, 2.24) is 10.2 Å². The van der Waals surface area contributed by atoms with Crippen LogP contribution in [-0.2, 0) is 9.53 Å². The van der Waals surface area contributed by atoms with E-state index in [1.54, 1.807) is 41.8 Å². The van der Waals surface area contributed by atoms with Crippen LogP contribution in [0.25, 0.3) is 0 Å². The van der Waals surface area contributed by atoms with Gasteiger partial charge in [-0.25, -0.2) is 4.79 Å². The summed E-state index contributed by atoms with van der Waals surface area (Å²) >= 11 is 0. The molecule has 5 heteroatoms. The van der Waals surface area contributed by atoms with Crippen LogP contribution in [0.3, 0.4) is 0 Å². The molecule has 2 amide bonds. The Hall–Kier alpha value is -1.26. The maximum atomic E-state index is 12.2. The van der Waals surface area contributed by atoms with Crippen LogP contribution in [0.4, 0.5) is 4.79 Å². The first-order valence-corrected chi connectivity index (χ1v) is 6.13. The van der Waals surface area contributed by atoms with Crippen LogP contribution in [-0.4, -0.2) is 42.1 Å². The van der Waals surface area contributed by atoms with Gasteiger partial charge in [0.15, 0.2) is 0 Å². The summed E-state index contributed by atoms with van der Waals surface area (Å²) < 4.78 is 5.19. The lowest BCUT2D eigenvalue weighted by molar-refractivity contribution is -0.137. The zero-order valence-electron chi connectivity index (χ0n) is 12.7. The summed E-state index contributed by atoms with van der Waals surface area (Å²) in [6, 6.07) is 0. The summed E-state index contributed by atoms with van der Waals surface area (Å²) in [5.74, 6) is -0.191. The van der Waals surface area contributed by atoms with Crippen LogP contribution in [0.15, 0.2) is 0 Å². The summed E-state index contributed by atoms with van der Waals surface area (Å²) in [4.78, 5) is 25.4. The van der Waals surface area contributed by atoms with Gasteiger partial charge in [0, 0.05) is 14.1 Å². The number of hydrogen-bond donors (Lipinski definition) is 1. The molecule has 0 bridgehead atoms. The number of rotatable bonds is 3. The average molecular weight is 258 g/mol. The summed E-state index contributed by atoms with van der Waals surface area (Å²) in [5, 5.41) is 2.68. The quantitative estimate of drug-likeness (QED) is 0.842. The van der Waals surface area contributed by atoms with Crippen LogP contribution in [0.5, 0.6) is 0 Å². The molecular weight excluding hydrogens is 232 g/mol. The highest BCUT2D eigenvalue weighted by atomic mass is 16.6. The number of likely N-dealkylation sites (N-methyl/N-ethyl adjacent to an activating group) is 1. The maximum absolute atomic E-state index is 12.2.